The first-order chi connectivity index (χ1) is 6.62. The second kappa shape index (κ2) is 5.13. The van der Waals surface area contributed by atoms with E-state index in [1.54, 1.807) is 0 Å². The zero-order chi connectivity index (χ0) is 10.6. The van der Waals surface area contributed by atoms with Gasteiger partial charge in [0.25, 0.3) is 0 Å². The highest BCUT2D eigenvalue weighted by Crippen LogP contribution is 2.20. The molecule has 2 nitrogen and oxygen atoms in total. The fourth-order valence-corrected chi connectivity index (χ4v) is 2.44. The molecular formula is C12H26N2. The van der Waals surface area contributed by atoms with Crippen molar-refractivity contribution in [3.8, 4) is 0 Å². The van der Waals surface area contributed by atoms with Crippen LogP contribution in [0.25, 0.3) is 0 Å². The highest BCUT2D eigenvalue weighted by atomic mass is 15.2. The number of nitrogens with zero attached hydrogens (tertiary/aromatic N) is 1. The smallest absolute Gasteiger partial charge is 0.0304 e. The van der Waals surface area contributed by atoms with E-state index in [4.69, 9.17) is 0 Å². The van der Waals surface area contributed by atoms with Crippen LogP contribution in [0.5, 0.6) is 0 Å². The molecule has 0 aromatic rings. The Morgan fingerprint density at radius 1 is 1.29 bits per heavy atom. The predicted octanol–water partition coefficient (Wildman–Crippen LogP) is 2.11. The van der Waals surface area contributed by atoms with Gasteiger partial charge in [0.2, 0.25) is 0 Å². The van der Waals surface area contributed by atoms with E-state index < -0.39 is 0 Å². The van der Waals surface area contributed by atoms with Crippen LogP contribution in [-0.4, -0.2) is 36.6 Å². The molecule has 0 radical (unpaired) electrons. The maximum atomic E-state index is 3.69. The molecular weight excluding hydrogens is 172 g/mol. The molecule has 84 valence electrons. The maximum absolute atomic E-state index is 3.69. The van der Waals surface area contributed by atoms with E-state index in [1.807, 2.05) is 0 Å². The second-order valence-corrected chi connectivity index (χ2v) is 5.04. The molecule has 2 heteroatoms. The fourth-order valence-electron chi connectivity index (χ4n) is 2.44. The molecule has 0 saturated carbocycles. The average molecular weight is 198 g/mol. The van der Waals surface area contributed by atoms with Crippen LogP contribution >= 0.6 is 0 Å². The van der Waals surface area contributed by atoms with Gasteiger partial charge < -0.3 is 5.32 Å². The van der Waals surface area contributed by atoms with Gasteiger partial charge in [-0.15, -0.1) is 0 Å². The molecule has 1 heterocycles. The summed E-state index contributed by atoms with van der Waals surface area (Å²) in [5, 5.41) is 3.69. The lowest BCUT2D eigenvalue weighted by Crippen LogP contribution is -2.60. The Morgan fingerprint density at radius 2 is 1.93 bits per heavy atom. The Balaban J connectivity index is 2.49. The number of piperazine rings is 1. The normalized spacial score (nSPS) is 22.9. The quantitative estimate of drug-likeness (QED) is 0.744. The van der Waals surface area contributed by atoms with Crippen molar-refractivity contribution >= 4 is 0 Å². The van der Waals surface area contributed by atoms with E-state index in [0.717, 1.165) is 12.5 Å². The van der Waals surface area contributed by atoms with Gasteiger partial charge in [-0.05, 0) is 18.8 Å². The zero-order valence-corrected chi connectivity index (χ0v) is 10.3. The minimum Gasteiger partial charge on any atom is -0.309 e. The highest BCUT2D eigenvalue weighted by Gasteiger charge is 2.31. The first-order valence-corrected chi connectivity index (χ1v) is 6.09. The molecule has 14 heavy (non-hydrogen) atoms. The van der Waals surface area contributed by atoms with E-state index in [9.17, 15) is 0 Å². The third kappa shape index (κ3) is 2.96. The predicted molar refractivity (Wildman–Crippen MR) is 62.6 cm³/mol. The molecule has 0 atom stereocenters. The van der Waals surface area contributed by atoms with Gasteiger partial charge in [-0.1, -0.05) is 27.7 Å². The molecule has 1 N–H and O–H groups in total. The third-order valence-corrected chi connectivity index (χ3v) is 3.43. The van der Waals surface area contributed by atoms with Gasteiger partial charge >= 0.3 is 0 Å². The number of hydrogen-bond donors (Lipinski definition) is 1. The van der Waals surface area contributed by atoms with Crippen LogP contribution in [0, 0.1) is 5.92 Å². The molecule has 0 aromatic carbocycles. The highest BCUT2D eigenvalue weighted by molar-refractivity contribution is 4.92. The van der Waals surface area contributed by atoms with Gasteiger partial charge in [-0.2, -0.15) is 0 Å². The summed E-state index contributed by atoms with van der Waals surface area (Å²) in [7, 11) is 0. The summed E-state index contributed by atoms with van der Waals surface area (Å²) in [5.74, 6) is 0.791. The van der Waals surface area contributed by atoms with Crippen LogP contribution < -0.4 is 5.32 Å². The summed E-state index contributed by atoms with van der Waals surface area (Å²) in [6.07, 6.45) is 2.50. The summed E-state index contributed by atoms with van der Waals surface area (Å²) in [5.41, 5.74) is 0.396. The molecule has 1 aliphatic heterocycles. The molecule has 1 rings (SSSR count). The lowest BCUT2D eigenvalue weighted by molar-refractivity contribution is 0.113. The Hall–Kier alpha value is -0.0800. The van der Waals surface area contributed by atoms with Crippen molar-refractivity contribution in [2.45, 2.75) is 46.1 Å². The van der Waals surface area contributed by atoms with Crippen LogP contribution in [0.2, 0.25) is 0 Å². The van der Waals surface area contributed by atoms with E-state index in [-0.39, 0.29) is 0 Å². The molecule has 0 aliphatic carbocycles. The second-order valence-electron chi connectivity index (χ2n) is 5.04. The van der Waals surface area contributed by atoms with Gasteiger partial charge in [0.1, 0.15) is 0 Å². The van der Waals surface area contributed by atoms with Crippen LogP contribution in [-0.2, 0) is 0 Å². The SMILES string of the molecule is CCC1(CC)CN(CC(C)C)CCN1. The zero-order valence-electron chi connectivity index (χ0n) is 10.3. The van der Waals surface area contributed by atoms with Gasteiger partial charge in [-0.3, -0.25) is 4.90 Å². The van der Waals surface area contributed by atoms with Crippen molar-refractivity contribution in [3.05, 3.63) is 0 Å². The van der Waals surface area contributed by atoms with Gasteiger partial charge in [-0.25, -0.2) is 0 Å². The van der Waals surface area contributed by atoms with Gasteiger partial charge in [0.05, 0.1) is 0 Å². The third-order valence-electron chi connectivity index (χ3n) is 3.43. The Morgan fingerprint density at radius 3 is 2.43 bits per heavy atom. The number of rotatable bonds is 4. The molecule has 1 saturated heterocycles. The monoisotopic (exact) mass is 198 g/mol. The number of nitrogens with one attached hydrogen (secondary N) is 1. The van der Waals surface area contributed by atoms with E-state index in [0.29, 0.717) is 5.54 Å². The Kier molecular flexibility index (Phi) is 4.39. The Bertz CT molecular complexity index is 162. The average Bonchev–Trinajstić information content (AvgIpc) is 2.17. The van der Waals surface area contributed by atoms with Crippen molar-refractivity contribution in [3.63, 3.8) is 0 Å². The molecule has 0 bridgehead atoms. The van der Waals surface area contributed by atoms with Gasteiger partial charge in [0, 0.05) is 31.7 Å². The summed E-state index contributed by atoms with van der Waals surface area (Å²) in [4.78, 5) is 2.62. The van der Waals surface area contributed by atoms with Crippen molar-refractivity contribution in [1.82, 2.24) is 10.2 Å². The van der Waals surface area contributed by atoms with Crippen LogP contribution in [0.15, 0.2) is 0 Å². The minimum absolute atomic E-state index is 0.396. The first-order valence-electron chi connectivity index (χ1n) is 6.09. The van der Waals surface area contributed by atoms with Crippen molar-refractivity contribution < 1.29 is 0 Å². The summed E-state index contributed by atoms with van der Waals surface area (Å²) >= 11 is 0. The first kappa shape index (κ1) is 12.0. The molecule has 1 aliphatic rings. The molecule has 0 unspecified atom stereocenters. The summed E-state index contributed by atoms with van der Waals surface area (Å²) in [6, 6.07) is 0. The standard InChI is InChI=1S/C12H26N2/c1-5-12(6-2)10-14(8-7-13-12)9-11(3)4/h11,13H,5-10H2,1-4H3. The molecule has 0 spiro atoms. The summed E-state index contributed by atoms with van der Waals surface area (Å²) < 4.78 is 0. The lowest BCUT2D eigenvalue weighted by atomic mass is 9.90. The fraction of sp³-hybridized carbons (Fsp3) is 1.00. The van der Waals surface area contributed by atoms with Crippen molar-refractivity contribution in [2.75, 3.05) is 26.2 Å². The van der Waals surface area contributed by atoms with E-state index in [1.165, 1.54) is 32.5 Å². The van der Waals surface area contributed by atoms with Gasteiger partial charge in [0.15, 0.2) is 0 Å². The lowest BCUT2D eigenvalue weighted by Gasteiger charge is -2.43. The van der Waals surface area contributed by atoms with E-state index in [2.05, 4.69) is 37.9 Å². The Labute approximate surface area is 89.1 Å². The maximum Gasteiger partial charge on any atom is 0.0304 e. The van der Waals surface area contributed by atoms with Crippen molar-refractivity contribution in [1.29, 1.82) is 0 Å². The van der Waals surface area contributed by atoms with Crippen LogP contribution in [0.1, 0.15) is 40.5 Å². The topological polar surface area (TPSA) is 15.3 Å². The molecule has 0 aromatic heterocycles. The largest absolute Gasteiger partial charge is 0.309 e. The minimum atomic E-state index is 0.396. The molecule has 1 fully saturated rings. The summed E-state index contributed by atoms with van der Waals surface area (Å²) in [6.45, 7) is 14.1. The van der Waals surface area contributed by atoms with Crippen molar-refractivity contribution in [2.24, 2.45) is 5.92 Å². The van der Waals surface area contributed by atoms with Crippen LogP contribution in [0.3, 0.4) is 0 Å². The van der Waals surface area contributed by atoms with E-state index >= 15 is 0 Å². The molecule has 0 amide bonds. The number of hydrogen-bond acceptors (Lipinski definition) is 2. The van der Waals surface area contributed by atoms with Crippen LogP contribution in [0.4, 0.5) is 0 Å².